The van der Waals surface area contributed by atoms with Crippen molar-refractivity contribution < 1.29 is 5.11 Å². The Morgan fingerprint density at radius 1 is 1.16 bits per heavy atom. The van der Waals surface area contributed by atoms with Crippen molar-refractivity contribution in [3.63, 3.8) is 0 Å². The fourth-order valence-corrected chi connectivity index (χ4v) is 4.46. The molecule has 3 aliphatic rings. The zero-order valence-corrected chi connectivity index (χ0v) is 11.5. The van der Waals surface area contributed by atoms with Crippen LogP contribution in [0.2, 0.25) is 0 Å². The molecule has 1 aromatic rings. The van der Waals surface area contributed by atoms with Gasteiger partial charge in [-0.1, -0.05) is 30.3 Å². The summed E-state index contributed by atoms with van der Waals surface area (Å²) < 4.78 is 0. The first-order chi connectivity index (χ1) is 9.26. The Balaban J connectivity index is 1.48. The smallest absolute Gasteiger partial charge is 0.0708 e. The van der Waals surface area contributed by atoms with Crippen molar-refractivity contribution in [2.24, 2.45) is 5.92 Å². The number of benzene rings is 1. The van der Waals surface area contributed by atoms with Gasteiger partial charge in [0.05, 0.1) is 5.60 Å². The highest BCUT2D eigenvalue weighted by Gasteiger charge is 2.55. The topological polar surface area (TPSA) is 23.5 Å². The zero-order valence-electron chi connectivity index (χ0n) is 11.5. The van der Waals surface area contributed by atoms with Gasteiger partial charge in [0, 0.05) is 12.6 Å². The minimum atomic E-state index is -0.383. The van der Waals surface area contributed by atoms with Crippen molar-refractivity contribution >= 4 is 0 Å². The predicted molar refractivity (Wildman–Crippen MR) is 76.1 cm³/mol. The first-order valence-corrected chi connectivity index (χ1v) is 7.78. The van der Waals surface area contributed by atoms with Gasteiger partial charge in [0.15, 0.2) is 0 Å². The van der Waals surface area contributed by atoms with Gasteiger partial charge in [0.25, 0.3) is 0 Å². The first-order valence-electron chi connectivity index (χ1n) is 7.78. The summed E-state index contributed by atoms with van der Waals surface area (Å²) in [6.45, 7) is 2.37. The molecule has 1 aromatic carbocycles. The lowest BCUT2D eigenvalue weighted by molar-refractivity contribution is -0.0541. The number of hydrogen-bond acceptors (Lipinski definition) is 2. The summed E-state index contributed by atoms with van der Waals surface area (Å²) in [6.07, 6.45) is 5.81. The van der Waals surface area contributed by atoms with E-state index in [2.05, 4.69) is 35.2 Å². The van der Waals surface area contributed by atoms with Crippen molar-refractivity contribution in [2.75, 3.05) is 13.1 Å². The van der Waals surface area contributed by atoms with Crippen LogP contribution < -0.4 is 0 Å². The number of hydrogen-bond donors (Lipinski definition) is 1. The number of rotatable bonds is 2. The standard InChI is InChI=1S/C17H23NO/c19-17(8-10-18-9-4-7-14(18)12-17)16-11-15(16)13-5-2-1-3-6-13/h1-3,5-6,14-16,19H,4,7-12H2. The highest BCUT2D eigenvalue weighted by Crippen LogP contribution is 2.57. The van der Waals surface area contributed by atoms with Crippen molar-refractivity contribution in [1.29, 1.82) is 0 Å². The van der Waals surface area contributed by atoms with Gasteiger partial charge in [-0.15, -0.1) is 0 Å². The molecule has 0 radical (unpaired) electrons. The number of piperidine rings is 1. The molecule has 102 valence electrons. The minimum absolute atomic E-state index is 0.383. The third-order valence-corrected chi connectivity index (χ3v) is 5.63. The Labute approximate surface area is 115 Å². The fraction of sp³-hybridized carbons (Fsp3) is 0.647. The average molecular weight is 257 g/mol. The van der Waals surface area contributed by atoms with Crippen LogP contribution in [-0.4, -0.2) is 34.7 Å². The van der Waals surface area contributed by atoms with E-state index >= 15 is 0 Å². The van der Waals surface area contributed by atoms with E-state index in [1.165, 1.54) is 31.4 Å². The molecule has 19 heavy (non-hydrogen) atoms. The van der Waals surface area contributed by atoms with Crippen LogP contribution in [0, 0.1) is 5.92 Å². The normalized spacial score (nSPS) is 42.1. The Kier molecular flexibility index (Phi) is 2.71. The van der Waals surface area contributed by atoms with Crippen molar-refractivity contribution in [1.82, 2.24) is 4.90 Å². The first kappa shape index (κ1) is 11.9. The van der Waals surface area contributed by atoms with Gasteiger partial charge in [0.1, 0.15) is 0 Å². The van der Waals surface area contributed by atoms with E-state index in [9.17, 15) is 5.11 Å². The van der Waals surface area contributed by atoms with Crippen LogP contribution in [0.25, 0.3) is 0 Å². The molecule has 4 rings (SSSR count). The van der Waals surface area contributed by atoms with Gasteiger partial charge in [-0.3, -0.25) is 0 Å². The molecule has 0 amide bonds. The summed E-state index contributed by atoms with van der Waals surface area (Å²) >= 11 is 0. The molecule has 1 aliphatic carbocycles. The summed E-state index contributed by atoms with van der Waals surface area (Å²) in [5, 5.41) is 11.1. The van der Waals surface area contributed by atoms with Gasteiger partial charge >= 0.3 is 0 Å². The quantitative estimate of drug-likeness (QED) is 0.880. The fourth-order valence-electron chi connectivity index (χ4n) is 4.46. The molecule has 3 fully saturated rings. The maximum absolute atomic E-state index is 11.1. The lowest BCUT2D eigenvalue weighted by Crippen LogP contribution is -2.49. The van der Waals surface area contributed by atoms with Crippen LogP contribution in [-0.2, 0) is 0 Å². The average Bonchev–Trinajstić information content (AvgIpc) is 3.13. The van der Waals surface area contributed by atoms with Crippen LogP contribution in [0.1, 0.15) is 43.6 Å². The van der Waals surface area contributed by atoms with Gasteiger partial charge in [0.2, 0.25) is 0 Å². The summed E-state index contributed by atoms with van der Waals surface area (Å²) in [4.78, 5) is 2.59. The summed E-state index contributed by atoms with van der Waals surface area (Å²) in [5.74, 6) is 1.12. The van der Waals surface area contributed by atoms with Crippen molar-refractivity contribution in [3.8, 4) is 0 Å². The maximum Gasteiger partial charge on any atom is 0.0708 e. The second kappa shape index (κ2) is 4.32. The van der Waals surface area contributed by atoms with Gasteiger partial charge in [-0.05, 0) is 56.0 Å². The molecule has 4 atom stereocenters. The van der Waals surface area contributed by atoms with Gasteiger partial charge < -0.3 is 10.0 Å². The highest BCUT2D eigenvalue weighted by atomic mass is 16.3. The van der Waals surface area contributed by atoms with Gasteiger partial charge in [-0.25, -0.2) is 0 Å². The third-order valence-electron chi connectivity index (χ3n) is 5.63. The molecule has 1 saturated carbocycles. The Morgan fingerprint density at radius 3 is 2.84 bits per heavy atom. The maximum atomic E-state index is 11.1. The lowest BCUT2D eigenvalue weighted by atomic mass is 9.81. The van der Waals surface area contributed by atoms with Crippen LogP contribution >= 0.6 is 0 Å². The molecule has 4 unspecified atom stereocenters. The van der Waals surface area contributed by atoms with E-state index in [0.29, 0.717) is 17.9 Å². The van der Waals surface area contributed by atoms with Crippen molar-refractivity contribution in [2.45, 2.75) is 49.7 Å². The van der Waals surface area contributed by atoms with E-state index < -0.39 is 0 Å². The predicted octanol–water partition coefficient (Wildman–Crippen LogP) is 2.78. The number of nitrogens with zero attached hydrogens (tertiary/aromatic N) is 1. The molecular formula is C17H23NO. The monoisotopic (exact) mass is 257 g/mol. The number of aliphatic hydroxyl groups is 1. The van der Waals surface area contributed by atoms with Crippen LogP contribution in [0.15, 0.2) is 30.3 Å². The van der Waals surface area contributed by atoms with E-state index in [-0.39, 0.29) is 5.60 Å². The molecule has 2 saturated heterocycles. The highest BCUT2D eigenvalue weighted by molar-refractivity contribution is 5.28. The van der Waals surface area contributed by atoms with Crippen LogP contribution in [0.3, 0.4) is 0 Å². The van der Waals surface area contributed by atoms with E-state index in [1.54, 1.807) is 0 Å². The lowest BCUT2D eigenvalue weighted by Gasteiger charge is -2.41. The minimum Gasteiger partial charge on any atom is -0.389 e. The molecule has 2 aliphatic heterocycles. The second-order valence-corrected chi connectivity index (χ2v) is 6.75. The molecule has 0 bridgehead atoms. The summed E-state index contributed by atoms with van der Waals surface area (Å²) in [6, 6.07) is 11.4. The molecule has 2 heteroatoms. The molecule has 2 nitrogen and oxygen atoms in total. The molecular weight excluding hydrogens is 234 g/mol. The molecule has 1 N–H and O–H groups in total. The van der Waals surface area contributed by atoms with E-state index in [4.69, 9.17) is 0 Å². The Bertz CT molecular complexity index is 460. The van der Waals surface area contributed by atoms with Gasteiger partial charge in [-0.2, -0.15) is 0 Å². The van der Waals surface area contributed by atoms with E-state index in [1.807, 2.05) is 0 Å². The number of fused-ring (bicyclic) bond motifs is 1. The second-order valence-electron chi connectivity index (χ2n) is 6.75. The Hall–Kier alpha value is -0.860. The molecule has 0 spiro atoms. The molecule has 2 heterocycles. The summed E-state index contributed by atoms with van der Waals surface area (Å²) in [7, 11) is 0. The van der Waals surface area contributed by atoms with Crippen molar-refractivity contribution in [3.05, 3.63) is 35.9 Å². The van der Waals surface area contributed by atoms with Crippen LogP contribution in [0.5, 0.6) is 0 Å². The van der Waals surface area contributed by atoms with Crippen LogP contribution in [0.4, 0.5) is 0 Å². The zero-order chi connectivity index (χ0) is 12.9. The van der Waals surface area contributed by atoms with E-state index in [0.717, 1.165) is 19.4 Å². The SMILES string of the molecule is OC1(C2CC2c2ccccc2)CCN2CCCC2C1. The Morgan fingerprint density at radius 2 is 2.00 bits per heavy atom. The molecule has 0 aromatic heterocycles. The largest absolute Gasteiger partial charge is 0.389 e. The summed E-state index contributed by atoms with van der Waals surface area (Å²) in [5.41, 5.74) is 1.04. The third kappa shape index (κ3) is 2.02.